The molecule has 0 heterocycles. The molecule has 0 atom stereocenters. The zero-order valence-electron chi connectivity index (χ0n) is 12.1. The molecule has 110 valence electrons. The van der Waals surface area contributed by atoms with Crippen LogP contribution in [0.1, 0.15) is 31.2 Å². The maximum absolute atomic E-state index is 11.3. The van der Waals surface area contributed by atoms with Crippen molar-refractivity contribution in [2.45, 2.75) is 32.1 Å². The maximum atomic E-state index is 11.3. The molecule has 2 rings (SSSR count). The average molecular weight is 293 g/mol. The molecule has 1 aliphatic rings. The van der Waals surface area contributed by atoms with Crippen LogP contribution in [-0.4, -0.2) is 24.6 Å². The molecule has 0 aliphatic heterocycles. The minimum Gasteiger partial charge on any atom is -0.469 e. The first-order chi connectivity index (χ1) is 9.63. The number of anilines is 1. The first-order valence-corrected chi connectivity index (χ1v) is 8.28. The Morgan fingerprint density at radius 1 is 1.45 bits per heavy atom. The van der Waals surface area contributed by atoms with Crippen molar-refractivity contribution in [2.75, 3.05) is 24.3 Å². The fourth-order valence-corrected chi connectivity index (χ4v) is 3.66. The number of rotatable bonds is 8. The lowest BCUT2D eigenvalue weighted by atomic mass is 10.1. The van der Waals surface area contributed by atoms with E-state index in [0.29, 0.717) is 6.42 Å². The number of aryl methyl sites for hydroxylation is 1. The molecule has 1 aliphatic carbocycles. The number of esters is 1. The number of hydrogen-bond acceptors (Lipinski definition) is 4. The topological polar surface area (TPSA) is 52.3 Å². The second-order valence-corrected chi connectivity index (χ2v) is 6.76. The zero-order chi connectivity index (χ0) is 14.4. The Morgan fingerprint density at radius 2 is 2.25 bits per heavy atom. The third-order valence-electron chi connectivity index (χ3n) is 3.82. The van der Waals surface area contributed by atoms with Gasteiger partial charge in [0, 0.05) is 5.69 Å². The van der Waals surface area contributed by atoms with Crippen molar-refractivity contribution in [3.8, 4) is 0 Å². The highest BCUT2D eigenvalue weighted by molar-refractivity contribution is 7.99. The molecule has 1 aromatic carbocycles. The molecular formula is C16H23NO2S. The molecule has 1 fully saturated rings. The van der Waals surface area contributed by atoms with Gasteiger partial charge in [0.05, 0.1) is 13.5 Å². The van der Waals surface area contributed by atoms with Gasteiger partial charge in [-0.3, -0.25) is 4.79 Å². The van der Waals surface area contributed by atoms with Gasteiger partial charge >= 0.3 is 5.97 Å². The summed E-state index contributed by atoms with van der Waals surface area (Å²) >= 11 is 1.96. The van der Waals surface area contributed by atoms with Crippen LogP contribution in [0.5, 0.6) is 0 Å². The van der Waals surface area contributed by atoms with Gasteiger partial charge in [-0.1, -0.05) is 12.1 Å². The first kappa shape index (κ1) is 15.2. The van der Waals surface area contributed by atoms with E-state index in [1.807, 2.05) is 30.0 Å². The Morgan fingerprint density at radius 3 is 2.90 bits per heavy atom. The predicted molar refractivity (Wildman–Crippen MR) is 84.8 cm³/mol. The molecule has 1 aromatic rings. The van der Waals surface area contributed by atoms with Gasteiger partial charge in [-0.15, -0.1) is 0 Å². The van der Waals surface area contributed by atoms with Crippen molar-refractivity contribution in [1.29, 1.82) is 0 Å². The number of carbonyl (C=O) groups excluding carboxylic acids is 1. The number of benzene rings is 1. The number of methoxy groups -OCH3 is 1. The summed E-state index contributed by atoms with van der Waals surface area (Å²) in [4.78, 5) is 11.3. The third kappa shape index (κ3) is 4.75. The fourth-order valence-electron chi connectivity index (χ4n) is 2.34. The van der Waals surface area contributed by atoms with E-state index in [0.717, 1.165) is 30.0 Å². The molecule has 0 bridgehead atoms. The van der Waals surface area contributed by atoms with E-state index in [1.165, 1.54) is 25.5 Å². The van der Waals surface area contributed by atoms with Gasteiger partial charge in [-0.2, -0.15) is 11.8 Å². The quantitative estimate of drug-likeness (QED) is 0.454. The van der Waals surface area contributed by atoms with Gasteiger partial charge in [0.1, 0.15) is 0 Å². The number of carbonyl (C=O) groups is 1. The van der Waals surface area contributed by atoms with Crippen LogP contribution in [0.4, 0.5) is 5.69 Å². The number of thioether (sulfide) groups is 1. The van der Waals surface area contributed by atoms with Crippen LogP contribution in [0.25, 0.3) is 0 Å². The fraction of sp³-hybridized carbons (Fsp3) is 0.562. The van der Waals surface area contributed by atoms with Crippen molar-refractivity contribution in [1.82, 2.24) is 0 Å². The lowest BCUT2D eigenvalue weighted by Crippen LogP contribution is -2.13. The average Bonchev–Trinajstić information content (AvgIpc) is 3.18. The second kappa shape index (κ2) is 7.02. The molecule has 0 aromatic heterocycles. The molecule has 20 heavy (non-hydrogen) atoms. The van der Waals surface area contributed by atoms with Crippen LogP contribution in [0.2, 0.25) is 0 Å². The van der Waals surface area contributed by atoms with Crippen molar-refractivity contribution in [3.05, 3.63) is 29.8 Å². The summed E-state index contributed by atoms with van der Waals surface area (Å²) in [5.41, 5.74) is 8.15. The SMILES string of the molecule is COC(=O)CC1(CSCCCc2cccc(N)c2)CC1. The Bertz CT molecular complexity index is 458. The Balaban J connectivity index is 1.61. The Hall–Kier alpha value is -1.16. The summed E-state index contributed by atoms with van der Waals surface area (Å²) in [7, 11) is 1.47. The Kier molecular flexibility index (Phi) is 5.35. The summed E-state index contributed by atoms with van der Waals surface area (Å²) in [5.74, 6) is 2.15. The van der Waals surface area contributed by atoms with Crippen molar-refractivity contribution < 1.29 is 9.53 Å². The number of hydrogen-bond donors (Lipinski definition) is 1. The highest BCUT2D eigenvalue weighted by Crippen LogP contribution is 2.51. The molecule has 0 amide bonds. The zero-order valence-corrected chi connectivity index (χ0v) is 12.9. The maximum Gasteiger partial charge on any atom is 0.306 e. The molecule has 1 saturated carbocycles. The van der Waals surface area contributed by atoms with E-state index in [2.05, 4.69) is 6.07 Å². The van der Waals surface area contributed by atoms with Gasteiger partial charge < -0.3 is 10.5 Å². The monoisotopic (exact) mass is 293 g/mol. The third-order valence-corrected chi connectivity index (χ3v) is 5.21. The van der Waals surface area contributed by atoms with Crippen LogP contribution in [0, 0.1) is 5.41 Å². The largest absolute Gasteiger partial charge is 0.469 e. The minimum absolute atomic E-state index is 0.0668. The van der Waals surface area contributed by atoms with Crippen LogP contribution in [-0.2, 0) is 16.0 Å². The standard InChI is InChI=1S/C16H23NO2S/c1-19-15(18)11-16(7-8-16)12-20-9-3-5-13-4-2-6-14(17)10-13/h2,4,6,10H,3,5,7-9,11-12,17H2,1H3. The molecule has 2 N–H and O–H groups in total. The van der Waals surface area contributed by atoms with Gasteiger partial charge in [-0.05, 0) is 60.3 Å². The molecule has 0 unspecified atom stereocenters. The molecule has 4 heteroatoms. The summed E-state index contributed by atoms with van der Waals surface area (Å²) < 4.78 is 4.76. The Labute approximate surface area is 125 Å². The van der Waals surface area contributed by atoms with Crippen LogP contribution in [0.3, 0.4) is 0 Å². The minimum atomic E-state index is -0.0668. The molecule has 0 saturated heterocycles. The molecule has 3 nitrogen and oxygen atoms in total. The lowest BCUT2D eigenvalue weighted by Gasteiger charge is -2.12. The van der Waals surface area contributed by atoms with E-state index >= 15 is 0 Å². The van der Waals surface area contributed by atoms with Crippen LogP contribution >= 0.6 is 11.8 Å². The van der Waals surface area contributed by atoms with Crippen LogP contribution < -0.4 is 5.73 Å². The van der Waals surface area contributed by atoms with Gasteiger partial charge in [0.25, 0.3) is 0 Å². The van der Waals surface area contributed by atoms with E-state index in [9.17, 15) is 4.79 Å². The van der Waals surface area contributed by atoms with E-state index < -0.39 is 0 Å². The summed E-state index contributed by atoms with van der Waals surface area (Å²) in [5, 5.41) is 0. The number of nitrogens with two attached hydrogens (primary N) is 1. The summed E-state index contributed by atoms with van der Waals surface area (Å²) in [6, 6.07) is 8.10. The number of ether oxygens (including phenoxy) is 1. The molecular weight excluding hydrogens is 270 g/mol. The highest BCUT2D eigenvalue weighted by atomic mass is 32.2. The lowest BCUT2D eigenvalue weighted by molar-refractivity contribution is -0.141. The number of nitrogen functional groups attached to an aromatic ring is 1. The summed E-state index contributed by atoms with van der Waals surface area (Å²) in [6.45, 7) is 0. The molecule has 0 radical (unpaired) electrons. The van der Waals surface area contributed by atoms with E-state index in [4.69, 9.17) is 10.5 Å². The van der Waals surface area contributed by atoms with Crippen molar-refractivity contribution in [2.24, 2.45) is 5.41 Å². The normalized spacial score (nSPS) is 15.8. The van der Waals surface area contributed by atoms with Gasteiger partial charge in [0.15, 0.2) is 0 Å². The summed E-state index contributed by atoms with van der Waals surface area (Å²) in [6.07, 6.45) is 5.16. The second-order valence-electron chi connectivity index (χ2n) is 5.65. The van der Waals surface area contributed by atoms with E-state index in [-0.39, 0.29) is 11.4 Å². The highest BCUT2D eigenvalue weighted by Gasteiger charge is 2.44. The van der Waals surface area contributed by atoms with Gasteiger partial charge in [0.2, 0.25) is 0 Å². The predicted octanol–water partition coefficient (Wildman–Crippen LogP) is 3.28. The van der Waals surface area contributed by atoms with Gasteiger partial charge in [-0.25, -0.2) is 0 Å². The van der Waals surface area contributed by atoms with E-state index in [1.54, 1.807) is 0 Å². The molecule has 0 spiro atoms. The smallest absolute Gasteiger partial charge is 0.306 e. The van der Waals surface area contributed by atoms with Crippen molar-refractivity contribution >= 4 is 23.4 Å². The van der Waals surface area contributed by atoms with Crippen molar-refractivity contribution in [3.63, 3.8) is 0 Å². The van der Waals surface area contributed by atoms with Crippen LogP contribution in [0.15, 0.2) is 24.3 Å². The first-order valence-electron chi connectivity index (χ1n) is 7.13.